The highest BCUT2D eigenvalue weighted by molar-refractivity contribution is 6.31. The van der Waals surface area contributed by atoms with Crippen LogP contribution in [0.25, 0.3) is 0 Å². The number of phenolic OH excluding ortho intramolecular Hbond substituents is 1. The van der Waals surface area contributed by atoms with E-state index in [2.05, 4.69) is 18.0 Å². The molecular weight excluding hydrogens is 425 g/mol. The molecular formula is C23H23ClFNO5. The standard InChI is InChI=1S/C19H19ClFNO.C4H4O4/c1-22-9-6-12-10-16(21)17(23)11-13(12)18(22)19(7-8-19)14-4-2-3-5-15(14)20;5-3(6)1-2-4(7)8/h2-5,10-11,18,23H,6-9H2,1H3;1-2H,(H,5,6)(H,7,8)/b;2-1-. The molecule has 164 valence electrons. The summed E-state index contributed by atoms with van der Waals surface area (Å²) in [5.74, 6) is -3.31. The number of halogens is 2. The quantitative estimate of drug-likeness (QED) is 0.609. The Morgan fingerprint density at radius 2 is 1.77 bits per heavy atom. The summed E-state index contributed by atoms with van der Waals surface area (Å²) in [6.07, 6.45) is 4.04. The van der Waals surface area contributed by atoms with E-state index in [0.717, 1.165) is 47.5 Å². The van der Waals surface area contributed by atoms with E-state index in [-0.39, 0.29) is 17.2 Å². The molecule has 0 aromatic heterocycles. The third-order valence-electron chi connectivity index (χ3n) is 5.77. The van der Waals surface area contributed by atoms with Gasteiger partial charge in [-0.2, -0.15) is 0 Å². The predicted molar refractivity (Wildman–Crippen MR) is 114 cm³/mol. The van der Waals surface area contributed by atoms with Crippen LogP contribution in [0.3, 0.4) is 0 Å². The van der Waals surface area contributed by atoms with Crippen molar-refractivity contribution < 1.29 is 29.3 Å². The molecule has 0 radical (unpaired) electrons. The Labute approximate surface area is 184 Å². The van der Waals surface area contributed by atoms with E-state index < -0.39 is 17.8 Å². The fraction of sp³-hybridized carbons (Fsp3) is 0.304. The number of phenols is 1. The van der Waals surface area contributed by atoms with Crippen LogP contribution in [-0.4, -0.2) is 45.8 Å². The molecule has 2 aliphatic rings. The first-order valence-electron chi connectivity index (χ1n) is 9.76. The number of carboxylic acid groups (broad SMARTS) is 2. The molecule has 6 nitrogen and oxygen atoms in total. The van der Waals surface area contributed by atoms with E-state index in [4.69, 9.17) is 21.8 Å². The molecule has 2 aromatic rings. The highest BCUT2D eigenvalue weighted by Gasteiger charge is 2.54. The van der Waals surface area contributed by atoms with Gasteiger partial charge in [-0.15, -0.1) is 0 Å². The number of carbonyl (C=O) groups is 2. The number of fused-ring (bicyclic) bond motifs is 1. The third kappa shape index (κ3) is 4.89. The molecule has 0 amide bonds. The van der Waals surface area contributed by atoms with Crippen LogP contribution in [0.4, 0.5) is 4.39 Å². The van der Waals surface area contributed by atoms with E-state index in [1.165, 1.54) is 6.07 Å². The minimum atomic E-state index is -1.26. The third-order valence-corrected chi connectivity index (χ3v) is 6.10. The normalized spacial score (nSPS) is 19.3. The van der Waals surface area contributed by atoms with Gasteiger partial charge in [0.05, 0.1) is 0 Å². The van der Waals surface area contributed by atoms with Gasteiger partial charge < -0.3 is 15.3 Å². The van der Waals surface area contributed by atoms with Gasteiger partial charge in [0.2, 0.25) is 0 Å². The summed E-state index contributed by atoms with van der Waals surface area (Å²) < 4.78 is 13.7. The maximum absolute atomic E-state index is 13.7. The van der Waals surface area contributed by atoms with Crippen molar-refractivity contribution in [2.24, 2.45) is 0 Å². The Bertz CT molecular complexity index is 1020. The molecule has 1 aliphatic carbocycles. The summed E-state index contributed by atoms with van der Waals surface area (Å²) in [5, 5.41) is 26.3. The maximum Gasteiger partial charge on any atom is 0.328 e. The molecule has 1 atom stereocenters. The highest BCUT2D eigenvalue weighted by atomic mass is 35.5. The summed E-state index contributed by atoms with van der Waals surface area (Å²) >= 11 is 6.47. The summed E-state index contributed by atoms with van der Waals surface area (Å²) in [5.41, 5.74) is 3.17. The highest BCUT2D eigenvalue weighted by Crippen LogP contribution is 2.61. The fourth-order valence-electron chi connectivity index (χ4n) is 4.31. The van der Waals surface area contributed by atoms with Gasteiger partial charge in [-0.05, 0) is 61.2 Å². The number of likely N-dealkylation sites (N-methyl/N-ethyl adjacent to an activating group) is 1. The zero-order valence-corrected chi connectivity index (χ0v) is 17.6. The van der Waals surface area contributed by atoms with Crippen molar-refractivity contribution in [3.63, 3.8) is 0 Å². The monoisotopic (exact) mass is 447 g/mol. The van der Waals surface area contributed by atoms with Crippen molar-refractivity contribution in [3.05, 3.63) is 76.1 Å². The van der Waals surface area contributed by atoms with Crippen molar-refractivity contribution in [3.8, 4) is 5.75 Å². The Kier molecular flexibility index (Phi) is 6.67. The molecule has 1 aliphatic heterocycles. The van der Waals surface area contributed by atoms with Gasteiger partial charge in [0, 0.05) is 35.2 Å². The molecule has 3 N–H and O–H groups in total. The average molecular weight is 448 g/mol. The summed E-state index contributed by atoms with van der Waals surface area (Å²) in [7, 11) is 2.10. The van der Waals surface area contributed by atoms with Crippen LogP contribution < -0.4 is 0 Å². The maximum atomic E-state index is 13.7. The van der Waals surface area contributed by atoms with Gasteiger partial charge in [0.1, 0.15) is 0 Å². The summed E-state index contributed by atoms with van der Waals surface area (Å²) in [4.78, 5) is 21.4. The Morgan fingerprint density at radius 3 is 2.32 bits per heavy atom. The lowest BCUT2D eigenvalue weighted by atomic mass is 9.78. The van der Waals surface area contributed by atoms with Crippen LogP contribution in [0.5, 0.6) is 5.75 Å². The van der Waals surface area contributed by atoms with Gasteiger partial charge >= 0.3 is 11.9 Å². The van der Waals surface area contributed by atoms with Crippen LogP contribution in [0.15, 0.2) is 48.6 Å². The first-order valence-corrected chi connectivity index (χ1v) is 10.1. The number of aromatic hydroxyl groups is 1. The van der Waals surface area contributed by atoms with Gasteiger partial charge in [-0.25, -0.2) is 14.0 Å². The Hall–Kier alpha value is -2.90. The van der Waals surface area contributed by atoms with Crippen molar-refractivity contribution >= 4 is 23.5 Å². The van der Waals surface area contributed by atoms with Crippen LogP contribution in [0.2, 0.25) is 5.02 Å². The lowest BCUT2D eigenvalue weighted by Crippen LogP contribution is -2.39. The molecule has 1 unspecified atom stereocenters. The second-order valence-corrected chi connectivity index (χ2v) is 8.19. The van der Waals surface area contributed by atoms with E-state index in [1.807, 2.05) is 18.2 Å². The molecule has 2 aromatic carbocycles. The number of aliphatic carboxylic acids is 2. The molecule has 31 heavy (non-hydrogen) atoms. The van der Waals surface area contributed by atoms with Gasteiger partial charge in [-0.1, -0.05) is 29.8 Å². The number of hydrogen-bond acceptors (Lipinski definition) is 4. The van der Waals surface area contributed by atoms with Crippen LogP contribution >= 0.6 is 11.6 Å². The molecule has 1 fully saturated rings. The van der Waals surface area contributed by atoms with E-state index >= 15 is 0 Å². The molecule has 4 rings (SSSR count). The van der Waals surface area contributed by atoms with E-state index in [1.54, 1.807) is 6.07 Å². The zero-order valence-electron chi connectivity index (χ0n) is 16.9. The summed E-state index contributed by atoms with van der Waals surface area (Å²) in [6, 6.07) is 11.2. The minimum Gasteiger partial charge on any atom is -0.505 e. The van der Waals surface area contributed by atoms with Gasteiger partial charge in [0.25, 0.3) is 0 Å². The molecule has 1 heterocycles. The van der Waals surface area contributed by atoms with E-state index in [0.29, 0.717) is 12.2 Å². The molecule has 0 spiro atoms. The Morgan fingerprint density at radius 1 is 1.16 bits per heavy atom. The lowest BCUT2D eigenvalue weighted by molar-refractivity contribution is -0.134. The van der Waals surface area contributed by atoms with Crippen LogP contribution in [0.1, 0.15) is 35.6 Å². The number of nitrogens with zero attached hydrogens (tertiary/aromatic N) is 1. The molecule has 0 saturated heterocycles. The van der Waals surface area contributed by atoms with Crippen molar-refractivity contribution in [1.82, 2.24) is 4.90 Å². The molecule has 1 saturated carbocycles. The van der Waals surface area contributed by atoms with Gasteiger partial charge in [-0.3, -0.25) is 4.90 Å². The van der Waals surface area contributed by atoms with Crippen molar-refractivity contribution in [2.75, 3.05) is 13.6 Å². The fourth-order valence-corrected chi connectivity index (χ4v) is 4.63. The summed E-state index contributed by atoms with van der Waals surface area (Å²) in [6.45, 7) is 0.883. The van der Waals surface area contributed by atoms with Crippen molar-refractivity contribution in [1.29, 1.82) is 0 Å². The smallest absolute Gasteiger partial charge is 0.328 e. The SMILES string of the molecule is CN1CCc2cc(F)c(O)cc2C1C1(c2ccccc2Cl)CC1.O=C(O)/C=C\C(=O)O. The second-order valence-electron chi connectivity index (χ2n) is 7.78. The predicted octanol–water partition coefficient (Wildman–Crippen LogP) is 4.16. The lowest BCUT2D eigenvalue weighted by Gasteiger charge is -2.40. The number of carboxylic acids is 2. The number of rotatable bonds is 4. The van der Waals surface area contributed by atoms with Crippen LogP contribution in [0, 0.1) is 5.82 Å². The molecule has 8 heteroatoms. The molecule has 0 bridgehead atoms. The minimum absolute atomic E-state index is 0.0352. The topological polar surface area (TPSA) is 98.1 Å². The Balaban J connectivity index is 0.000000293. The zero-order chi connectivity index (χ0) is 22.8. The largest absolute Gasteiger partial charge is 0.505 e. The second kappa shape index (κ2) is 9.08. The van der Waals surface area contributed by atoms with Gasteiger partial charge in [0.15, 0.2) is 11.6 Å². The van der Waals surface area contributed by atoms with Crippen LogP contribution in [-0.2, 0) is 21.4 Å². The van der Waals surface area contributed by atoms with E-state index in [9.17, 15) is 19.1 Å². The first-order chi connectivity index (χ1) is 14.7. The number of hydrogen-bond donors (Lipinski definition) is 3. The average Bonchev–Trinajstić information content (AvgIpc) is 3.50. The van der Waals surface area contributed by atoms with Crippen molar-refractivity contribution in [2.45, 2.75) is 30.7 Å². The number of benzene rings is 2. The first kappa shape index (κ1) is 22.8.